The zero-order chi connectivity index (χ0) is 14.9. The number of hydrogen-bond acceptors (Lipinski definition) is 4. The van der Waals surface area contributed by atoms with Gasteiger partial charge in [-0.15, -0.1) is 0 Å². The van der Waals surface area contributed by atoms with Crippen LogP contribution in [-0.4, -0.2) is 18.9 Å². The molecule has 6 heteroatoms. The van der Waals surface area contributed by atoms with Crippen LogP contribution in [0.2, 0.25) is 0 Å². The molecule has 5 nitrogen and oxygen atoms in total. The zero-order valence-corrected chi connectivity index (χ0v) is 12.2. The Balaban J connectivity index is 2.07. The number of fused-ring (bicyclic) bond motifs is 1. The minimum atomic E-state index is -3.74. The van der Waals surface area contributed by atoms with Gasteiger partial charge in [-0.3, -0.25) is 4.98 Å². The first kappa shape index (κ1) is 14.0. The Morgan fingerprint density at radius 3 is 2.71 bits per heavy atom. The molecular formula is C15H15N3O2S. The summed E-state index contributed by atoms with van der Waals surface area (Å²) in [5, 5.41) is 10.7. The average Bonchev–Trinajstić information content (AvgIpc) is 2.95. The molecule has 1 aromatic heterocycles. The Kier molecular flexibility index (Phi) is 3.40. The summed E-state index contributed by atoms with van der Waals surface area (Å²) in [4.78, 5) is 4.20. The van der Waals surface area contributed by atoms with Crippen molar-refractivity contribution in [2.45, 2.75) is 36.1 Å². The van der Waals surface area contributed by atoms with Crippen LogP contribution in [0.5, 0.6) is 0 Å². The summed E-state index contributed by atoms with van der Waals surface area (Å²) in [6, 6.07) is 8.89. The molecule has 0 unspecified atom stereocenters. The summed E-state index contributed by atoms with van der Waals surface area (Å²) < 4.78 is 28.0. The molecule has 0 aliphatic heterocycles. The number of aromatic nitrogens is 1. The molecule has 1 aliphatic carbocycles. The van der Waals surface area contributed by atoms with Crippen LogP contribution < -0.4 is 4.72 Å². The third-order valence-corrected chi connectivity index (χ3v) is 5.53. The molecule has 21 heavy (non-hydrogen) atoms. The molecule has 108 valence electrons. The Bertz CT molecular complexity index is 813. The smallest absolute Gasteiger partial charge is 0.242 e. The van der Waals surface area contributed by atoms with Crippen molar-refractivity contribution in [3.05, 3.63) is 36.7 Å². The summed E-state index contributed by atoms with van der Waals surface area (Å²) in [7, 11) is -3.74. The lowest BCUT2D eigenvalue weighted by atomic mass is 10.0. The second-order valence-corrected chi connectivity index (χ2v) is 7.01. The minimum absolute atomic E-state index is 0.198. The van der Waals surface area contributed by atoms with Crippen molar-refractivity contribution in [2.75, 3.05) is 0 Å². The van der Waals surface area contributed by atoms with Crippen molar-refractivity contribution in [1.29, 1.82) is 5.26 Å². The van der Waals surface area contributed by atoms with E-state index in [1.54, 1.807) is 30.6 Å². The molecule has 1 aromatic carbocycles. The predicted molar refractivity (Wildman–Crippen MR) is 78.9 cm³/mol. The van der Waals surface area contributed by atoms with Crippen molar-refractivity contribution < 1.29 is 8.42 Å². The highest BCUT2D eigenvalue weighted by atomic mass is 32.2. The largest absolute Gasteiger partial charge is 0.264 e. The van der Waals surface area contributed by atoms with E-state index in [0.29, 0.717) is 18.2 Å². The van der Waals surface area contributed by atoms with Gasteiger partial charge in [0, 0.05) is 23.2 Å². The van der Waals surface area contributed by atoms with E-state index in [9.17, 15) is 13.7 Å². The highest BCUT2D eigenvalue weighted by Crippen LogP contribution is 2.31. The van der Waals surface area contributed by atoms with Crippen LogP contribution in [0.1, 0.15) is 25.7 Å². The zero-order valence-electron chi connectivity index (χ0n) is 11.4. The van der Waals surface area contributed by atoms with Crippen LogP contribution in [-0.2, 0) is 10.0 Å². The molecule has 0 bridgehead atoms. The van der Waals surface area contributed by atoms with E-state index in [1.807, 2.05) is 6.07 Å². The summed E-state index contributed by atoms with van der Waals surface area (Å²) >= 11 is 0. The van der Waals surface area contributed by atoms with Gasteiger partial charge in [-0.1, -0.05) is 25.0 Å². The normalized spacial score (nSPS) is 17.7. The maximum absolute atomic E-state index is 12.7. The van der Waals surface area contributed by atoms with E-state index in [2.05, 4.69) is 15.8 Å². The van der Waals surface area contributed by atoms with Crippen LogP contribution in [0.3, 0.4) is 0 Å². The summed E-state index contributed by atoms with van der Waals surface area (Å²) in [5.41, 5.74) is -0.964. The number of rotatable bonds is 3. The van der Waals surface area contributed by atoms with E-state index in [1.165, 1.54) is 0 Å². The van der Waals surface area contributed by atoms with Crippen molar-refractivity contribution in [2.24, 2.45) is 0 Å². The maximum atomic E-state index is 12.7. The van der Waals surface area contributed by atoms with E-state index < -0.39 is 15.6 Å². The summed E-state index contributed by atoms with van der Waals surface area (Å²) in [6.07, 6.45) is 6.07. The molecule has 0 atom stereocenters. The van der Waals surface area contributed by atoms with E-state index in [4.69, 9.17) is 0 Å². The molecule has 1 aliphatic rings. The topological polar surface area (TPSA) is 82.9 Å². The van der Waals surface area contributed by atoms with Gasteiger partial charge >= 0.3 is 0 Å². The van der Waals surface area contributed by atoms with Crippen LogP contribution >= 0.6 is 0 Å². The molecule has 1 saturated carbocycles. The highest BCUT2D eigenvalue weighted by molar-refractivity contribution is 7.89. The van der Waals surface area contributed by atoms with Gasteiger partial charge < -0.3 is 0 Å². The number of benzene rings is 1. The third-order valence-electron chi connectivity index (χ3n) is 3.93. The summed E-state index contributed by atoms with van der Waals surface area (Å²) in [5.74, 6) is 0. The number of nitrogens with zero attached hydrogens (tertiary/aromatic N) is 2. The van der Waals surface area contributed by atoms with E-state index in [-0.39, 0.29) is 4.90 Å². The van der Waals surface area contributed by atoms with E-state index >= 15 is 0 Å². The number of nitrogens with one attached hydrogen (secondary N) is 1. The molecule has 0 radical (unpaired) electrons. The second kappa shape index (κ2) is 5.10. The highest BCUT2D eigenvalue weighted by Gasteiger charge is 2.38. The standard InChI is InChI=1S/C15H15N3O2S/c16-11-15(7-1-2-8-15)18-21(19,20)14-5-3-4-12-10-17-9-6-13(12)14/h3-6,9-10,18H,1-2,7-8H2. The Morgan fingerprint density at radius 2 is 2.00 bits per heavy atom. The number of hydrogen-bond donors (Lipinski definition) is 1. The molecule has 0 saturated heterocycles. The fourth-order valence-corrected chi connectivity index (χ4v) is 4.46. The predicted octanol–water partition coefficient (Wildman–Crippen LogP) is 2.35. The molecule has 0 amide bonds. The fourth-order valence-electron chi connectivity index (χ4n) is 2.85. The number of sulfonamides is 1. The molecule has 1 heterocycles. The monoisotopic (exact) mass is 301 g/mol. The molecule has 3 rings (SSSR count). The molecule has 1 fully saturated rings. The van der Waals surface area contributed by atoms with Gasteiger partial charge in [0.05, 0.1) is 11.0 Å². The van der Waals surface area contributed by atoms with Crippen LogP contribution in [0.15, 0.2) is 41.6 Å². The first-order valence-corrected chi connectivity index (χ1v) is 8.33. The number of pyridine rings is 1. The van der Waals surface area contributed by atoms with Crippen molar-refractivity contribution >= 4 is 20.8 Å². The molecule has 0 spiro atoms. The summed E-state index contributed by atoms with van der Waals surface area (Å²) in [6.45, 7) is 0. The van der Waals surface area contributed by atoms with Gasteiger partial charge in [-0.25, -0.2) is 8.42 Å². The lowest BCUT2D eigenvalue weighted by Gasteiger charge is -2.22. The Morgan fingerprint density at radius 1 is 1.24 bits per heavy atom. The van der Waals surface area contributed by atoms with Crippen molar-refractivity contribution in [3.63, 3.8) is 0 Å². The number of nitriles is 1. The quantitative estimate of drug-likeness (QED) is 0.943. The molecule has 1 N–H and O–H groups in total. The van der Waals surface area contributed by atoms with Gasteiger partial charge in [0.2, 0.25) is 10.0 Å². The van der Waals surface area contributed by atoms with Gasteiger partial charge in [-0.05, 0) is 25.0 Å². The fraction of sp³-hybridized carbons (Fsp3) is 0.333. The first-order valence-electron chi connectivity index (χ1n) is 6.84. The Labute approximate surface area is 123 Å². The van der Waals surface area contributed by atoms with Gasteiger partial charge in [0.15, 0.2) is 0 Å². The second-order valence-electron chi connectivity index (χ2n) is 5.36. The lowest BCUT2D eigenvalue weighted by molar-refractivity contribution is 0.485. The van der Waals surface area contributed by atoms with Crippen LogP contribution in [0, 0.1) is 11.3 Å². The first-order chi connectivity index (χ1) is 10.1. The SMILES string of the molecule is N#CC1(NS(=O)(=O)c2cccc3cnccc23)CCCC1. The van der Waals surface area contributed by atoms with Gasteiger partial charge in [0.25, 0.3) is 0 Å². The van der Waals surface area contributed by atoms with Crippen LogP contribution in [0.25, 0.3) is 10.8 Å². The van der Waals surface area contributed by atoms with Crippen molar-refractivity contribution in [3.8, 4) is 6.07 Å². The van der Waals surface area contributed by atoms with Gasteiger partial charge in [-0.2, -0.15) is 9.98 Å². The Hall–Kier alpha value is -1.97. The minimum Gasteiger partial charge on any atom is -0.264 e. The van der Waals surface area contributed by atoms with Crippen LogP contribution in [0.4, 0.5) is 0 Å². The van der Waals surface area contributed by atoms with E-state index in [0.717, 1.165) is 18.2 Å². The van der Waals surface area contributed by atoms with Gasteiger partial charge in [0.1, 0.15) is 5.54 Å². The van der Waals surface area contributed by atoms with Crippen molar-refractivity contribution in [1.82, 2.24) is 9.71 Å². The lowest BCUT2D eigenvalue weighted by Crippen LogP contribution is -2.44. The molecular weight excluding hydrogens is 286 g/mol. The maximum Gasteiger partial charge on any atom is 0.242 e. The molecule has 2 aromatic rings. The third kappa shape index (κ3) is 2.50. The average molecular weight is 301 g/mol.